The first kappa shape index (κ1) is 18.1. The minimum absolute atomic E-state index is 0.151. The molecule has 1 amide bonds. The molecule has 2 rings (SSSR count). The molecule has 7 nitrogen and oxygen atoms in total. The van der Waals surface area contributed by atoms with Crippen molar-refractivity contribution in [3.8, 4) is 11.5 Å². The van der Waals surface area contributed by atoms with Crippen molar-refractivity contribution in [1.82, 2.24) is 5.32 Å². The van der Waals surface area contributed by atoms with Gasteiger partial charge in [-0.05, 0) is 25.0 Å². The van der Waals surface area contributed by atoms with Gasteiger partial charge in [-0.2, -0.15) is 0 Å². The largest absolute Gasteiger partial charge is 0.497 e. The normalized spacial score (nSPS) is 16.2. The Labute approximate surface area is 140 Å². The summed E-state index contributed by atoms with van der Waals surface area (Å²) in [7, 11) is 3.03. The highest BCUT2D eigenvalue weighted by atomic mass is 16.5. The van der Waals surface area contributed by atoms with Crippen LogP contribution < -0.4 is 14.8 Å². The second-order valence-electron chi connectivity index (χ2n) is 5.65. The Kier molecular flexibility index (Phi) is 6.43. The van der Waals surface area contributed by atoms with E-state index in [2.05, 4.69) is 5.32 Å². The predicted molar refractivity (Wildman–Crippen MR) is 86.2 cm³/mol. The monoisotopic (exact) mass is 337 g/mol. The third kappa shape index (κ3) is 4.61. The van der Waals surface area contributed by atoms with Crippen molar-refractivity contribution in [2.24, 2.45) is 5.92 Å². The third-order valence-electron chi connectivity index (χ3n) is 4.10. The van der Waals surface area contributed by atoms with E-state index in [4.69, 9.17) is 14.2 Å². The second-order valence-corrected chi connectivity index (χ2v) is 5.65. The number of ether oxygens (including phenoxy) is 3. The van der Waals surface area contributed by atoms with Gasteiger partial charge in [-0.1, -0.05) is 0 Å². The van der Waals surface area contributed by atoms with Gasteiger partial charge in [-0.15, -0.1) is 0 Å². The maximum atomic E-state index is 12.5. The van der Waals surface area contributed by atoms with Gasteiger partial charge in [0.2, 0.25) is 5.91 Å². The van der Waals surface area contributed by atoms with E-state index in [0.717, 1.165) is 0 Å². The molecule has 24 heavy (non-hydrogen) atoms. The van der Waals surface area contributed by atoms with Gasteiger partial charge in [0.15, 0.2) is 0 Å². The van der Waals surface area contributed by atoms with Crippen molar-refractivity contribution in [3.63, 3.8) is 0 Å². The molecule has 0 aliphatic carbocycles. The van der Waals surface area contributed by atoms with Crippen LogP contribution in [0.4, 0.5) is 0 Å². The van der Waals surface area contributed by atoms with Crippen LogP contribution >= 0.6 is 0 Å². The lowest BCUT2D eigenvalue weighted by Gasteiger charge is -2.25. The van der Waals surface area contributed by atoms with Crippen molar-refractivity contribution < 1.29 is 28.9 Å². The van der Waals surface area contributed by atoms with Crippen LogP contribution in [0.2, 0.25) is 0 Å². The van der Waals surface area contributed by atoms with Gasteiger partial charge in [-0.25, -0.2) is 0 Å². The number of carboxylic acids is 1. The Hall–Kier alpha value is -2.28. The fourth-order valence-corrected chi connectivity index (χ4v) is 2.77. The summed E-state index contributed by atoms with van der Waals surface area (Å²) >= 11 is 0. The fourth-order valence-electron chi connectivity index (χ4n) is 2.77. The summed E-state index contributed by atoms with van der Waals surface area (Å²) in [4.78, 5) is 23.7. The van der Waals surface area contributed by atoms with Gasteiger partial charge in [0.05, 0.1) is 26.7 Å². The molecule has 1 atom stereocenters. The number of carbonyl (C=O) groups is 2. The van der Waals surface area contributed by atoms with Crippen LogP contribution in [0, 0.1) is 5.92 Å². The lowest BCUT2D eigenvalue weighted by molar-refractivity contribution is -0.138. The Morgan fingerprint density at radius 1 is 1.29 bits per heavy atom. The summed E-state index contributed by atoms with van der Waals surface area (Å²) < 4.78 is 15.7. The molecule has 0 saturated carbocycles. The molecule has 0 radical (unpaired) electrons. The van der Waals surface area contributed by atoms with E-state index >= 15 is 0 Å². The number of aliphatic carboxylic acids is 1. The number of rotatable bonds is 7. The molecule has 1 aromatic carbocycles. The SMILES string of the molecule is COc1ccc(C(CC(=O)O)NC(=O)C2CCOCC2)c(OC)c1. The molecule has 7 heteroatoms. The first-order valence-electron chi connectivity index (χ1n) is 7.87. The first-order valence-corrected chi connectivity index (χ1v) is 7.87. The highest BCUT2D eigenvalue weighted by Crippen LogP contribution is 2.31. The number of hydrogen-bond acceptors (Lipinski definition) is 5. The minimum Gasteiger partial charge on any atom is -0.497 e. The minimum atomic E-state index is -0.995. The molecule has 1 saturated heterocycles. The van der Waals surface area contributed by atoms with Crippen molar-refractivity contribution >= 4 is 11.9 Å². The topological polar surface area (TPSA) is 94.1 Å². The Morgan fingerprint density at radius 2 is 2.00 bits per heavy atom. The molecule has 132 valence electrons. The summed E-state index contributed by atoms with van der Waals surface area (Å²) in [6, 6.07) is 4.44. The van der Waals surface area contributed by atoms with E-state index in [0.29, 0.717) is 43.1 Å². The quantitative estimate of drug-likeness (QED) is 0.787. The van der Waals surface area contributed by atoms with Gasteiger partial charge in [-0.3, -0.25) is 9.59 Å². The standard InChI is InChI=1S/C17H23NO6/c1-22-12-3-4-13(15(9-12)23-2)14(10-16(19)20)18-17(21)11-5-7-24-8-6-11/h3-4,9,11,14H,5-8,10H2,1-2H3,(H,18,21)(H,19,20). The van der Waals surface area contributed by atoms with Gasteiger partial charge < -0.3 is 24.6 Å². The Morgan fingerprint density at radius 3 is 2.58 bits per heavy atom. The highest BCUT2D eigenvalue weighted by Gasteiger charge is 2.27. The molecular weight excluding hydrogens is 314 g/mol. The van der Waals surface area contributed by atoms with E-state index in [1.54, 1.807) is 18.2 Å². The number of benzene rings is 1. The van der Waals surface area contributed by atoms with E-state index in [1.165, 1.54) is 14.2 Å². The molecule has 1 unspecified atom stereocenters. The molecule has 2 N–H and O–H groups in total. The van der Waals surface area contributed by atoms with Crippen LogP contribution in [-0.2, 0) is 14.3 Å². The highest BCUT2D eigenvalue weighted by molar-refractivity contribution is 5.80. The Bertz CT molecular complexity index is 582. The van der Waals surface area contributed by atoms with Crippen LogP contribution in [0.25, 0.3) is 0 Å². The summed E-state index contributed by atoms with van der Waals surface area (Å²) in [6.07, 6.45) is 1.06. The summed E-state index contributed by atoms with van der Waals surface area (Å²) in [5.74, 6) is -0.222. The van der Waals surface area contributed by atoms with E-state index < -0.39 is 12.0 Å². The van der Waals surface area contributed by atoms with E-state index in [1.807, 2.05) is 0 Å². The third-order valence-corrected chi connectivity index (χ3v) is 4.10. The molecule has 0 aromatic heterocycles. The van der Waals surface area contributed by atoms with Crippen molar-refractivity contribution in [1.29, 1.82) is 0 Å². The number of methoxy groups -OCH3 is 2. The Balaban J connectivity index is 2.21. The molecule has 1 heterocycles. The zero-order valence-corrected chi connectivity index (χ0v) is 13.9. The van der Waals surface area contributed by atoms with Crippen molar-refractivity contribution in [2.45, 2.75) is 25.3 Å². The zero-order chi connectivity index (χ0) is 17.5. The van der Waals surface area contributed by atoms with Gasteiger partial charge in [0, 0.05) is 30.8 Å². The number of amides is 1. The molecule has 1 fully saturated rings. The summed E-state index contributed by atoms with van der Waals surface area (Å²) in [5.41, 5.74) is 0.612. The molecule has 0 spiro atoms. The molecule has 1 aliphatic rings. The molecular formula is C17H23NO6. The summed E-state index contributed by atoms with van der Waals surface area (Å²) in [5, 5.41) is 12.0. The number of carbonyl (C=O) groups excluding carboxylic acids is 1. The molecule has 0 bridgehead atoms. The second kappa shape index (κ2) is 8.54. The lowest BCUT2D eigenvalue weighted by Crippen LogP contribution is -2.37. The van der Waals surface area contributed by atoms with Crippen molar-refractivity contribution in [3.05, 3.63) is 23.8 Å². The summed E-state index contributed by atoms with van der Waals surface area (Å²) in [6.45, 7) is 1.10. The zero-order valence-electron chi connectivity index (χ0n) is 13.9. The smallest absolute Gasteiger partial charge is 0.305 e. The van der Waals surface area contributed by atoms with Gasteiger partial charge in [0.1, 0.15) is 11.5 Å². The van der Waals surface area contributed by atoms with Crippen LogP contribution in [0.5, 0.6) is 11.5 Å². The number of hydrogen-bond donors (Lipinski definition) is 2. The molecule has 1 aliphatic heterocycles. The van der Waals surface area contributed by atoms with E-state index in [9.17, 15) is 14.7 Å². The average molecular weight is 337 g/mol. The molecule has 1 aromatic rings. The van der Waals surface area contributed by atoms with Crippen LogP contribution in [0.3, 0.4) is 0 Å². The van der Waals surface area contributed by atoms with E-state index in [-0.39, 0.29) is 18.2 Å². The van der Waals surface area contributed by atoms with Crippen LogP contribution in [0.1, 0.15) is 30.9 Å². The maximum Gasteiger partial charge on any atom is 0.305 e. The van der Waals surface area contributed by atoms with Crippen LogP contribution in [-0.4, -0.2) is 44.4 Å². The fraction of sp³-hybridized carbons (Fsp3) is 0.529. The van der Waals surface area contributed by atoms with Crippen LogP contribution in [0.15, 0.2) is 18.2 Å². The van der Waals surface area contributed by atoms with Gasteiger partial charge in [0.25, 0.3) is 0 Å². The maximum absolute atomic E-state index is 12.5. The predicted octanol–water partition coefficient (Wildman–Crippen LogP) is 1.76. The number of nitrogens with one attached hydrogen (secondary N) is 1. The lowest BCUT2D eigenvalue weighted by atomic mass is 9.96. The number of carboxylic acid groups (broad SMARTS) is 1. The average Bonchev–Trinajstić information content (AvgIpc) is 2.60. The van der Waals surface area contributed by atoms with Crippen molar-refractivity contribution in [2.75, 3.05) is 27.4 Å². The van der Waals surface area contributed by atoms with Gasteiger partial charge >= 0.3 is 5.97 Å². The first-order chi connectivity index (χ1) is 11.5.